The molecular weight excluding hydrogens is 809 g/mol. The topological polar surface area (TPSA) is 6.48 Å². The Morgan fingerprint density at radius 2 is 1.06 bits per heavy atom. The molecule has 2 aliphatic rings. The van der Waals surface area contributed by atoms with Crippen molar-refractivity contribution in [1.29, 1.82) is 0 Å². The molecule has 0 amide bonds. The van der Waals surface area contributed by atoms with Gasteiger partial charge in [0.2, 0.25) is 0 Å². The maximum Gasteiger partial charge on any atom is 0.0467 e. The average molecular weight is 863 g/mol. The first-order valence-corrected chi connectivity index (χ1v) is 23.4. The van der Waals surface area contributed by atoms with Crippen LogP contribution >= 0.6 is 0 Å². The van der Waals surface area contributed by atoms with Gasteiger partial charge in [0.1, 0.15) is 0 Å². The molecule has 2 aliphatic carbocycles. The molecule has 0 heterocycles. The second-order valence-electron chi connectivity index (χ2n) is 17.1. The Kier molecular flexibility index (Phi) is 12.4. The third kappa shape index (κ3) is 8.47. The fraction of sp³-hybridized carbons (Fsp3) is 0.0769. The van der Waals surface area contributed by atoms with Crippen LogP contribution in [0.15, 0.2) is 272 Å². The van der Waals surface area contributed by atoms with E-state index >= 15 is 0 Å². The number of fused-ring (bicyclic) bond motifs is 3. The number of benzene rings is 8. The van der Waals surface area contributed by atoms with E-state index in [2.05, 4.69) is 261 Å². The van der Waals surface area contributed by atoms with E-state index in [0.29, 0.717) is 0 Å². The van der Waals surface area contributed by atoms with Gasteiger partial charge in [0, 0.05) is 34.1 Å². The zero-order valence-electron chi connectivity index (χ0n) is 38.3. The van der Waals surface area contributed by atoms with Gasteiger partial charge in [-0.1, -0.05) is 183 Å². The summed E-state index contributed by atoms with van der Waals surface area (Å²) in [5.41, 5.74) is 18.5. The van der Waals surface area contributed by atoms with Crippen molar-refractivity contribution in [3.8, 4) is 11.1 Å². The molecule has 0 unspecified atom stereocenters. The first kappa shape index (κ1) is 42.7. The van der Waals surface area contributed by atoms with E-state index in [1.54, 1.807) is 0 Å². The van der Waals surface area contributed by atoms with Gasteiger partial charge >= 0.3 is 0 Å². The monoisotopic (exact) mass is 862 g/mol. The van der Waals surface area contributed by atoms with E-state index in [0.717, 1.165) is 53.4 Å². The zero-order chi connectivity index (χ0) is 45.5. The van der Waals surface area contributed by atoms with Crippen LogP contribution in [0.2, 0.25) is 0 Å². The van der Waals surface area contributed by atoms with Gasteiger partial charge in [-0.05, 0) is 172 Å². The summed E-state index contributed by atoms with van der Waals surface area (Å²) >= 11 is 0. The van der Waals surface area contributed by atoms with Gasteiger partial charge in [-0.2, -0.15) is 0 Å². The van der Waals surface area contributed by atoms with Gasteiger partial charge in [0.05, 0.1) is 0 Å². The molecule has 0 fully saturated rings. The molecule has 0 bridgehead atoms. The van der Waals surface area contributed by atoms with Crippen LogP contribution in [0, 0.1) is 0 Å². The molecule has 324 valence electrons. The standard InChI is InChI=1S/C65H54N2/c1-4-6-11-26-47(3)66(51-30-12-8-13-31-51)54-36-25-29-49(45-54)64-58-40-20-22-42-60(58)65(61-43-23-21-41-59(61)64)62-46-50(27-7-5-2)63(57-39-19-18-38-56(57)62)48-28-24-37-55(44-48)67(52-32-14-9-15-33-52)53-34-16-10-17-35-53/h4-18,20-38,40-45H,1,19,39,46H2,2-3H3/b7-5-,11-6-,47-26+,50-27+. The van der Waals surface area contributed by atoms with Crippen LogP contribution in [-0.2, 0) is 0 Å². The molecule has 2 heteroatoms. The minimum Gasteiger partial charge on any atom is -0.314 e. The second kappa shape index (κ2) is 19.5. The number of hydrogen-bond donors (Lipinski definition) is 0. The summed E-state index contributed by atoms with van der Waals surface area (Å²) in [7, 11) is 0. The zero-order valence-corrected chi connectivity index (χ0v) is 38.3. The first-order valence-electron chi connectivity index (χ1n) is 23.4. The number of rotatable bonds is 12. The highest BCUT2D eigenvalue weighted by Crippen LogP contribution is 2.52. The van der Waals surface area contributed by atoms with E-state index in [-0.39, 0.29) is 0 Å². The van der Waals surface area contributed by atoms with E-state index in [9.17, 15) is 0 Å². The summed E-state index contributed by atoms with van der Waals surface area (Å²) in [4.78, 5) is 4.70. The highest BCUT2D eigenvalue weighted by atomic mass is 15.1. The predicted molar refractivity (Wildman–Crippen MR) is 289 cm³/mol. The third-order valence-corrected chi connectivity index (χ3v) is 13.0. The molecule has 0 saturated heterocycles. The van der Waals surface area contributed by atoms with Crippen LogP contribution in [0.25, 0.3) is 43.8 Å². The van der Waals surface area contributed by atoms with Gasteiger partial charge in [0.15, 0.2) is 0 Å². The summed E-state index contributed by atoms with van der Waals surface area (Å²) in [6.45, 7) is 8.16. The third-order valence-electron chi connectivity index (χ3n) is 13.0. The molecule has 0 saturated carbocycles. The molecule has 0 radical (unpaired) electrons. The normalized spacial score (nSPS) is 14.7. The fourth-order valence-corrected chi connectivity index (χ4v) is 10.2. The fourth-order valence-electron chi connectivity index (χ4n) is 10.2. The molecule has 2 nitrogen and oxygen atoms in total. The van der Waals surface area contributed by atoms with Crippen molar-refractivity contribution >= 4 is 61.1 Å². The summed E-state index contributed by atoms with van der Waals surface area (Å²) < 4.78 is 0. The minimum absolute atomic E-state index is 0.801. The number of nitrogens with zero attached hydrogens (tertiary/aromatic N) is 2. The lowest BCUT2D eigenvalue weighted by molar-refractivity contribution is 0.959. The first-order chi connectivity index (χ1) is 33.1. The lowest BCUT2D eigenvalue weighted by Gasteiger charge is -2.32. The molecule has 8 aromatic rings. The summed E-state index contributed by atoms with van der Waals surface area (Å²) in [6.07, 6.45) is 22.3. The van der Waals surface area contributed by atoms with Crippen LogP contribution in [0.5, 0.6) is 0 Å². The van der Waals surface area contributed by atoms with Crippen LogP contribution in [0.3, 0.4) is 0 Å². The van der Waals surface area contributed by atoms with Crippen LogP contribution < -0.4 is 9.80 Å². The molecule has 67 heavy (non-hydrogen) atoms. The molecule has 0 spiro atoms. The molecule has 0 atom stereocenters. The Hall–Kier alpha value is -8.20. The van der Waals surface area contributed by atoms with Crippen molar-refractivity contribution in [2.45, 2.75) is 33.1 Å². The number of hydrogen-bond acceptors (Lipinski definition) is 2. The lowest BCUT2D eigenvalue weighted by atomic mass is 9.72. The van der Waals surface area contributed by atoms with Gasteiger partial charge in [-0.15, -0.1) is 0 Å². The Morgan fingerprint density at radius 1 is 0.522 bits per heavy atom. The van der Waals surface area contributed by atoms with Gasteiger partial charge in [-0.3, -0.25) is 0 Å². The van der Waals surface area contributed by atoms with Crippen LogP contribution in [0.1, 0.15) is 44.2 Å². The van der Waals surface area contributed by atoms with Crippen molar-refractivity contribution in [2.24, 2.45) is 0 Å². The average Bonchev–Trinajstić information content (AvgIpc) is 3.38. The predicted octanol–water partition coefficient (Wildman–Crippen LogP) is 18.4. The number of allylic oxidation sites excluding steroid dienone is 15. The van der Waals surface area contributed by atoms with Crippen molar-refractivity contribution < 1.29 is 0 Å². The molecule has 8 aromatic carbocycles. The Morgan fingerprint density at radius 3 is 1.67 bits per heavy atom. The lowest BCUT2D eigenvalue weighted by Crippen LogP contribution is -2.14. The number of para-hydroxylation sites is 3. The second-order valence-corrected chi connectivity index (χ2v) is 17.1. The smallest absolute Gasteiger partial charge is 0.0467 e. The van der Waals surface area contributed by atoms with Gasteiger partial charge in [0.25, 0.3) is 0 Å². The molecule has 0 N–H and O–H groups in total. The molecule has 10 rings (SSSR count). The van der Waals surface area contributed by atoms with E-state index < -0.39 is 0 Å². The highest BCUT2D eigenvalue weighted by molar-refractivity contribution is 6.20. The summed E-state index contributed by atoms with van der Waals surface area (Å²) in [5, 5.41) is 5.03. The molecular formula is C65H54N2. The Labute approximate surface area is 396 Å². The Balaban J connectivity index is 1.18. The SMILES string of the molecule is C=C/C=C\C=C(/C)N(c1ccccc1)c1cccc(-c2c3ccccc3c(C3=C4C=CCCC4=C(c4cccc(N(c5ccccc5)c5ccccc5)c4)/C(=C/C=C\C)C3)c3ccccc23)c1. The number of anilines is 5. The van der Waals surface area contributed by atoms with E-state index in [1.807, 2.05) is 12.2 Å². The highest BCUT2D eigenvalue weighted by Gasteiger charge is 2.30. The Bertz CT molecular complexity index is 3240. The van der Waals surface area contributed by atoms with Crippen molar-refractivity contribution in [3.05, 3.63) is 283 Å². The largest absolute Gasteiger partial charge is 0.314 e. The molecule has 0 aliphatic heterocycles. The van der Waals surface area contributed by atoms with Crippen molar-refractivity contribution in [1.82, 2.24) is 0 Å². The summed E-state index contributed by atoms with van der Waals surface area (Å²) in [5.74, 6) is 0. The van der Waals surface area contributed by atoms with E-state index in [1.165, 1.54) is 71.7 Å². The van der Waals surface area contributed by atoms with Crippen LogP contribution in [0.4, 0.5) is 28.4 Å². The van der Waals surface area contributed by atoms with Crippen molar-refractivity contribution in [3.63, 3.8) is 0 Å². The van der Waals surface area contributed by atoms with Crippen molar-refractivity contribution in [2.75, 3.05) is 9.80 Å². The van der Waals surface area contributed by atoms with Crippen LogP contribution in [-0.4, -0.2) is 0 Å². The van der Waals surface area contributed by atoms with E-state index in [4.69, 9.17) is 0 Å². The maximum atomic E-state index is 3.88. The quantitative estimate of drug-likeness (QED) is 0.0892. The maximum absolute atomic E-state index is 3.88. The summed E-state index contributed by atoms with van der Waals surface area (Å²) in [6, 6.07) is 68.4. The molecule has 0 aromatic heterocycles. The van der Waals surface area contributed by atoms with Gasteiger partial charge in [-0.25, -0.2) is 0 Å². The van der Waals surface area contributed by atoms with Gasteiger partial charge < -0.3 is 9.80 Å². The minimum atomic E-state index is 0.801.